The second-order valence-electron chi connectivity index (χ2n) is 5.20. The Hall–Kier alpha value is -2.05. The molecule has 0 spiro atoms. The monoisotopic (exact) mass is 346 g/mol. The van der Waals surface area contributed by atoms with Crippen molar-refractivity contribution in [1.82, 2.24) is 0 Å². The molecule has 0 radical (unpaired) electrons. The zero-order valence-electron chi connectivity index (χ0n) is 11.9. The van der Waals surface area contributed by atoms with E-state index in [9.17, 15) is 8.78 Å². The molecule has 2 aromatic heterocycles. The van der Waals surface area contributed by atoms with Crippen LogP contribution in [0.1, 0.15) is 22.2 Å². The van der Waals surface area contributed by atoms with Crippen molar-refractivity contribution in [3.63, 3.8) is 0 Å². The predicted octanol–water partition coefficient (Wildman–Crippen LogP) is 5.44. The molecule has 0 bridgehead atoms. The van der Waals surface area contributed by atoms with Crippen LogP contribution in [0.25, 0.3) is 0 Å². The molecule has 1 aromatic carbocycles. The first-order valence-corrected chi connectivity index (χ1v) is 8.87. The van der Waals surface area contributed by atoms with Crippen LogP contribution in [0.4, 0.5) is 14.5 Å². The lowest BCUT2D eigenvalue weighted by Gasteiger charge is -2.23. The molecule has 1 aliphatic heterocycles. The molecular formula is C17H12F2N2S2. The van der Waals surface area contributed by atoms with Crippen molar-refractivity contribution in [2.75, 3.05) is 5.01 Å². The van der Waals surface area contributed by atoms with Crippen LogP contribution in [-0.2, 0) is 0 Å². The van der Waals surface area contributed by atoms with E-state index in [0.717, 1.165) is 21.5 Å². The molecule has 1 atom stereocenters. The maximum atomic E-state index is 14.2. The summed E-state index contributed by atoms with van der Waals surface area (Å²) in [5.74, 6) is -1.18. The zero-order valence-corrected chi connectivity index (χ0v) is 13.6. The molecule has 4 rings (SSSR count). The van der Waals surface area contributed by atoms with Crippen LogP contribution in [0.5, 0.6) is 0 Å². The molecule has 0 saturated heterocycles. The molecule has 0 N–H and O–H groups in total. The molecule has 116 valence electrons. The van der Waals surface area contributed by atoms with Gasteiger partial charge in [0.25, 0.3) is 0 Å². The molecule has 3 heterocycles. The normalized spacial score (nSPS) is 17.6. The quantitative estimate of drug-likeness (QED) is 0.616. The van der Waals surface area contributed by atoms with Gasteiger partial charge < -0.3 is 0 Å². The van der Waals surface area contributed by atoms with Crippen LogP contribution >= 0.6 is 22.7 Å². The highest BCUT2D eigenvalue weighted by atomic mass is 32.1. The van der Waals surface area contributed by atoms with E-state index >= 15 is 0 Å². The third kappa shape index (κ3) is 2.68. The fourth-order valence-electron chi connectivity index (χ4n) is 2.69. The van der Waals surface area contributed by atoms with Crippen molar-refractivity contribution in [1.29, 1.82) is 0 Å². The van der Waals surface area contributed by atoms with Crippen molar-refractivity contribution in [3.05, 3.63) is 74.6 Å². The summed E-state index contributed by atoms with van der Waals surface area (Å²) in [6, 6.07) is 11.5. The summed E-state index contributed by atoms with van der Waals surface area (Å²) in [7, 11) is 0. The molecule has 0 fully saturated rings. The average molecular weight is 346 g/mol. The number of halogens is 2. The third-order valence-corrected chi connectivity index (χ3v) is 5.64. The van der Waals surface area contributed by atoms with E-state index in [4.69, 9.17) is 0 Å². The maximum Gasteiger partial charge on any atom is 0.151 e. The largest absolute Gasteiger partial charge is 0.254 e. The topological polar surface area (TPSA) is 15.6 Å². The molecule has 0 unspecified atom stereocenters. The van der Waals surface area contributed by atoms with Gasteiger partial charge in [-0.2, -0.15) is 5.10 Å². The average Bonchev–Trinajstić information content (AvgIpc) is 3.28. The first-order chi connectivity index (χ1) is 11.2. The van der Waals surface area contributed by atoms with Gasteiger partial charge in [-0.25, -0.2) is 8.78 Å². The van der Waals surface area contributed by atoms with Crippen molar-refractivity contribution in [3.8, 4) is 0 Å². The lowest BCUT2D eigenvalue weighted by molar-refractivity contribution is 0.574. The molecule has 0 amide bonds. The van der Waals surface area contributed by atoms with Crippen LogP contribution in [0.3, 0.4) is 0 Å². The summed E-state index contributed by atoms with van der Waals surface area (Å²) in [4.78, 5) is 2.20. The Bertz CT molecular complexity index is 842. The fraction of sp³-hybridized carbons (Fsp3) is 0.118. The van der Waals surface area contributed by atoms with Gasteiger partial charge in [-0.15, -0.1) is 22.7 Å². The fourth-order valence-corrected chi connectivity index (χ4v) is 4.23. The van der Waals surface area contributed by atoms with Gasteiger partial charge >= 0.3 is 0 Å². The van der Waals surface area contributed by atoms with Crippen LogP contribution in [0.2, 0.25) is 0 Å². The standard InChI is InChI=1S/C17H12F2N2S2/c18-11-5-6-14(12(19)9-11)21-15(17-4-2-8-23-17)10-13(20-21)16-3-1-7-22-16/h1-9,15H,10H2/t15-/m0/s1. The third-order valence-electron chi connectivity index (χ3n) is 3.74. The number of rotatable bonds is 3. The Labute approximate surface area is 140 Å². The van der Waals surface area contributed by atoms with E-state index in [1.165, 1.54) is 12.1 Å². The molecule has 6 heteroatoms. The summed E-state index contributed by atoms with van der Waals surface area (Å²) >= 11 is 3.23. The first-order valence-electron chi connectivity index (χ1n) is 7.11. The minimum Gasteiger partial charge on any atom is -0.254 e. The SMILES string of the molecule is Fc1ccc(N2N=C(c3cccs3)C[C@H]2c2cccs2)c(F)c1. The van der Waals surface area contributed by atoms with Crippen molar-refractivity contribution in [2.45, 2.75) is 12.5 Å². The van der Waals surface area contributed by atoms with Crippen molar-refractivity contribution >= 4 is 34.1 Å². The van der Waals surface area contributed by atoms with Gasteiger partial charge in [0.1, 0.15) is 5.82 Å². The minimum atomic E-state index is -0.595. The molecule has 1 aliphatic rings. The van der Waals surface area contributed by atoms with Crippen molar-refractivity contribution in [2.24, 2.45) is 5.10 Å². The summed E-state index contributed by atoms with van der Waals surface area (Å²) in [5.41, 5.74) is 1.23. The summed E-state index contributed by atoms with van der Waals surface area (Å²) in [6.07, 6.45) is 0.706. The number of thiophene rings is 2. The van der Waals surface area contributed by atoms with Gasteiger partial charge in [-0.1, -0.05) is 12.1 Å². The minimum absolute atomic E-state index is 0.0629. The Morgan fingerprint density at radius 1 is 1.04 bits per heavy atom. The Kier molecular flexibility index (Phi) is 3.71. The first kappa shape index (κ1) is 14.5. The predicted molar refractivity (Wildman–Crippen MR) is 91.4 cm³/mol. The molecule has 0 aliphatic carbocycles. The van der Waals surface area contributed by atoms with Crippen molar-refractivity contribution < 1.29 is 8.78 Å². The number of hydrogen-bond donors (Lipinski definition) is 0. The lowest BCUT2D eigenvalue weighted by atomic mass is 10.1. The second-order valence-corrected chi connectivity index (χ2v) is 7.13. The van der Waals surface area contributed by atoms with Crippen LogP contribution in [0.15, 0.2) is 58.3 Å². The van der Waals surface area contributed by atoms with E-state index < -0.39 is 11.6 Å². The number of anilines is 1. The van der Waals surface area contributed by atoms with Gasteiger partial charge in [0.15, 0.2) is 5.82 Å². The molecule has 0 saturated carbocycles. The Morgan fingerprint density at radius 2 is 1.87 bits per heavy atom. The van der Waals surface area contributed by atoms with Crippen LogP contribution < -0.4 is 5.01 Å². The maximum absolute atomic E-state index is 14.2. The van der Waals surface area contributed by atoms with Gasteiger partial charge in [-0.05, 0) is 35.0 Å². The Balaban J connectivity index is 1.78. The molecule has 2 nitrogen and oxygen atoms in total. The number of nitrogens with zero attached hydrogens (tertiary/aromatic N) is 2. The molecule has 23 heavy (non-hydrogen) atoms. The lowest BCUT2D eigenvalue weighted by Crippen LogP contribution is -2.18. The number of hydrogen-bond acceptors (Lipinski definition) is 4. The van der Waals surface area contributed by atoms with E-state index in [1.807, 2.05) is 35.0 Å². The van der Waals surface area contributed by atoms with Gasteiger partial charge in [0, 0.05) is 17.4 Å². The second kappa shape index (κ2) is 5.86. The summed E-state index contributed by atoms with van der Waals surface area (Å²) < 4.78 is 27.5. The highest BCUT2D eigenvalue weighted by Crippen LogP contribution is 2.39. The molecule has 3 aromatic rings. The van der Waals surface area contributed by atoms with Gasteiger partial charge in [-0.3, -0.25) is 5.01 Å². The highest BCUT2D eigenvalue weighted by Gasteiger charge is 2.32. The van der Waals surface area contributed by atoms with Crippen LogP contribution in [0, 0.1) is 11.6 Å². The van der Waals surface area contributed by atoms with E-state index in [0.29, 0.717) is 12.1 Å². The van der Waals surface area contributed by atoms with Gasteiger partial charge in [0.2, 0.25) is 0 Å². The molecular weight excluding hydrogens is 334 g/mol. The smallest absolute Gasteiger partial charge is 0.151 e. The van der Waals surface area contributed by atoms with E-state index in [1.54, 1.807) is 27.7 Å². The van der Waals surface area contributed by atoms with Gasteiger partial charge in [0.05, 0.1) is 22.3 Å². The highest BCUT2D eigenvalue weighted by molar-refractivity contribution is 7.12. The Morgan fingerprint density at radius 3 is 2.57 bits per heavy atom. The number of benzene rings is 1. The summed E-state index contributed by atoms with van der Waals surface area (Å²) in [6.45, 7) is 0. The number of hydrazone groups is 1. The van der Waals surface area contributed by atoms with Crippen LogP contribution in [-0.4, -0.2) is 5.71 Å². The summed E-state index contributed by atoms with van der Waals surface area (Å²) in [5, 5.41) is 10.3. The zero-order chi connectivity index (χ0) is 15.8. The van der Waals surface area contributed by atoms with E-state index in [-0.39, 0.29) is 6.04 Å². The van der Waals surface area contributed by atoms with E-state index in [2.05, 4.69) is 5.10 Å².